The molecule has 0 amide bonds. The molecule has 1 unspecified atom stereocenters. The van der Waals surface area contributed by atoms with Crippen molar-refractivity contribution in [3.05, 3.63) is 35.6 Å². The van der Waals surface area contributed by atoms with Crippen molar-refractivity contribution in [1.82, 2.24) is 4.90 Å². The highest BCUT2D eigenvalue weighted by Gasteiger charge is 2.10. The van der Waals surface area contributed by atoms with E-state index in [2.05, 4.69) is 25.8 Å². The van der Waals surface area contributed by atoms with Gasteiger partial charge in [-0.25, -0.2) is 4.39 Å². The molecule has 0 radical (unpaired) electrons. The molecular weight excluding hydrogens is 239 g/mol. The summed E-state index contributed by atoms with van der Waals surface area (Å²) in [4.78, 5) is 2.23. The van der Waals surface area contributed by atoms with Crippen molar-refractivity contribution in [3.63, 3.8) is 0 Å². The minimum atomic E-state index is -0.162. The molecule has 1 aromatic carbocycles. The van der Waals surface area contributed by atoms with Gasteiger partial charge < -0.3 is 10.6 Å². The second-order valence-electron chi connectivity index (χ2n) is 5.89. The molecule has 0 heterocycles. The molecule has 1 aromatic rings. The Kier molecular flexibility index (Phi) is 7.03. The summed E-state index contributed by atoms with van der Waals surface area (Å²) in [6.45, 7) is 7.02. The van der Waals surface area contributed by atoms with Crippen molar-refractivity contribution < 1.29 is 4.39 Å². The minimum Gasteiger partial charge on any atom is -0.330 e. The van der Waals surface area contributed by atoms with Crippen LogP contribution in [0.1, 0.15) is 32.3 Å². The van der Waals surface area contributed by atoms with Crippen LogP contribution >= 0.6 is 0 Å². The van der Waals surface area contributed by atoms with Crippen LogP contribution in [0.3, 0.4) is 0 Å². The largest absolute Gasteiger partial charge is 0.330 e. The van der Waals surface area contributed by atoms with Crippen LogP contribution in [0.4, 0.5) is 4.39 Å². The van der Waals surface area contributed by atoms with E-state index in [9.17, 15) is 4.39 Å². The molecule has 0 bridgehead atoms. The second-order valence-corrected chi connectivity index (χ2v) is 5.89. The van der Waals surface area contributed by atoms with Gasteiger partial charge in [-0.05, 0) is 62.5 Å². The molecule has 0 fully saturated rings. The summed E-state index contributed by atoms with van der Waals surface area (Å²) in [5, 5.41) is 0. The van der Waals surface area contributed by atoms with Gasteiger partial charge in [0.25, 0.3) is 0 Å². The van der Waals surface area contributed by atoms with Gasteiger partial charge in [0.05, 0.1) is 0 Å². The van der Waals surface area contributed by atoms with Gasteiger partial charge in [0.15, 0.2) is 0 Å². The zero-order valence-corrected chi connectivity index (χ0v) is 12.4. The van der Waals surface area contributed by atoms with Gasteiger partial charge in [0.2, 0.25) is 0 Å². The fourth-order valence-electron chi connectivity index (χ4n) is 2.43. The predicted molar refractivity (Wildman–Crippen MR) is 79.4 cm³/mol. The van der Waals surface area contributed by atoms with E-state index in [1.54, 1.807) is 12.1 Å². The van der Waals surface area contributed by atoms with Gasteiger partial charge in [-0.1, -0.05) is 26.0 Å². The summed E-state index contributed by atoms with van der Waals surface area (Å²) in [6, 6.07) is 6.82. The molecule has 2 nitrogen and oxygen atoms in total. The molecule has 0 saturated heterocycles. The Bertz CT molecular complexity index is 366. The van der Waals surface area contributed by atoms with Crippen LogP contribution in [-0.4, -0.2) is 25.0 Å². The number of rotatable bonds is 8. The van der Waals surface area contributed by atoms with E-state index in [1.807, 2.05) is 6.07 Å². The molecule has 3 heteroatoms. The van der Waals surface area contributed by atoms with Gasteiger partial charge >= 0.3 is 0 Å². The molecule has 108 valence electrons. The fourth-order valence-corrected chi connectivity index (χ4v) is 2.43. The Labute approximate surface area is 116 Å². The van der Waals surface area contributed by atoms with Crippen LogP contribution in [-0.2, 0) is 6.54 Å². The SMILES string of the molecule is CC(C)CC(CN)CCN(C)Cc1cccc(F)c1. The first kappa shape index (κ1) is 16.1. The summed E-state index contributed by atoms with van der Waals surface area (Å²) in [6.07, 6.45) is 2.30. The molecule has 0 aliphatic rings. The van der Waals surface area contributed by atoms with E-state index in [4.69, 9.17) is 5.73 Å². The van der Waals surface area contributed by atoms with E-state index < -0.39 is 0 Å². The van der Waals surface area contributed by atoms with Crippen LogP contribution in [0.25, 0.3) is 0 Å². The number of nitrogens with two attached hydrogens (primary N) is 1. The molecule has 2 N–H and O–H groups in total. The fraction of sp³-hybridized carbons (Fsp3) is 0.625. The Hall–Kier alpha value is -0.930. The second kappa shape index (κ2) is 8.28. The molecule has 0 aromatic heterocycles. The smallest absolute Gasteiger partial charge is 0.123 e. The maximum atomic E-state index is 13.1. The Morgan fingerprint density at radius 2 is 2.05 bits per heavy atom. The average Bonchev–Trinajstić information content (AvgIpc) is 2.34. The maximum Gasteiger partial charge on any atom is 0.123 e. The molecule has 1 atom stereocenters. The lowest BCUT2D eigenvalue weighted by Crippen LogP contribution is -2.25. The predicted octanol–water partition coefficient (Wildman–Crippen LogP) is 3.27. The highest BCUT2D eigenvalue weighted by atomic mass is 19.1. The minimum absolute atomic E-state index is 0.162. The van der Waals surface area contributed by atoms with Crippen LogP contribution in [0.2, 0.25) is 0 Å². The molecule has 0 spiro atoms. The van der Waals surface area contributed by atoms with Crippen molar-refractivity contribution >= 4 is 0 Å². The third kappa shape index (κ3) is 6.69. The van der Waals surface area contributed by atoms with Gasteiger partial charge in [-0.15, -0.1) is 0 Å². The van der Waals surface area contributed by atoms with Gasteiger partial charge in [-0.3, -0.25) is 0 Å². The maximum absolute atomic E-state index is 13.1. The van der Waals surface area contributed by atoms with Crippen molar-refractivity contribution in [2.75, 3.05) is 20.1 Å². The van der Waals surface area contributed by atoms with Crippen molar-refractivity contribution in [2.45, 2.75) is 33.2 Å². The molecular formula is C16H27FN2. The molecule has 0 aliphatic carbocycles. The van der Waals surface area contributed by atoms with Gasteiger partial charge in [0.1, 0.15) is 5.82 Å². The van der Waals surface area contributed by atoms with E-state index in [0.29, 0.717) is 11.8 Å². The first-order valence-electron chi connectivity index (χ1n) is 7.14. The van der Waals surface area contributed by atoms with Crippen LogP contribution in [0.5, 0.6) is 0 Å². The Balaban J connectivity index is 2.36. The van der Waals surface area contributed by atoms with E-state index in [1.165, 1.54) is 12.5 Å². The third-order valence-corrected chi connectivity index (χ3v) is 3.40. The third-order valence-electron chi connectivity index (χ3n) is 3.40. The number of halogens is 1. The van der Waals surface area contributed by atoms with E-state index >= 15 is 0 Å². The summed E-state index contributed by atoms with van der Waals surface area (Å²) in [7, 11) is 2.08. The van der Waals surface area contributed by atoms with Crippen LogP contribution in [0, 0.1) is 17.7 Å². The number of hydrogen-bond acceptors (Lipinski definition) is 2. The van der Waals surface area contributed by atoms with Crippen molar-refractivity contribution in [2.24, 2.45) is 17.6 Å². The highest BCUT2D eigenvalue weighted by molar-refractivity contribution is 5.15. The molecule has 19 heavy (non-hydrogen) atoms. The number of benzene rings is 1. The van der Waals surface area contributed by atoms with Gasteiger partial charge in [-0.2, -0.15) is 0 Å². The lowest BCUT2D eigenvalue weighted by Gasteiger charge is -2.22. The number of nitrogens with zero attached hydrogens (tertiary/aromatic N) is 1. The standard InChI is InChI=1S/C16H27FN2/c1-13(2)9-14(11-18)7-8-19(3)12-15-5-4-6-16(17)10-15/h4-6,10,13-14H,7-9,11-12,18H2,1-3H3. The molecule has 0 aliphatic heterocycles. The van der Waals surface area contributed by atoms with Gasteiger partial charge in [0, 0.05) is 6.54 Å². The van der Waals surface area contributed by atoms with E-state index in [0.717, 1.165) is 31.6 Å². The lowest BCUT2D eigenvalue weighted by atomic mass is 9.94. The summed E-state index contributed by atoms with van der Waals surface area (Å²) in [5.74, 6) is 1.13. The zero-order chi connectivity index (χ0) is 14.3. The highest BCUT2D eigenvalue weighted by Crippen LogP contribution is 2.15. The quantitative estimate of drug-likeness (QED) is 0.782. The summed E-state index contributed by atoms with van der Waals surface area (Å²) >= 11 is 0. The summed E-state index contributed by atoms with van der Waals surface area (Å²) < 4.78 is 13.1. The zero-order valence-electron chi connectivity index (χ0n) is 12.4. The lowest BCUT2D eigenvalue weighted by molar-refractivity contribution is 0.278. The Morgan fingerprint density at radius 3 is 2.63 bits per heavy atom. The molecule has 0 saturated carbocycles. The first-order chi connectivity index (χ1) is 9.01. The number of hydrogen-bond donors (Lipinski definition) is 1. The normalized spacial score (nSPS) is 13.2. The average molecular weight is 266 g/mol. The summed E-state index contributed by atoms with van der Waals surface area (Å²) in [5.41, 5.74) is 6.84. The first-order valence-corrected chi connectivity index (χ1v) is 7.14. The van der Waals surface area contributed by atoms with Crippen LogP contribution in [0.15, 0.2) is 24.3 Å². The van der Waals surface area contributed by atoms with E-state index in [-0.39, 0.29) is 5.82 Å². The van der Waals surface area contributed by atoms with Crippen molar-refractivity contribution in [1.29, 1.82) is 0 Å². The van der Waals surface area contributed by atoms with Crippen molar-refractivity contribution in [3.8, 4) is 0 Å². The topological polar surface area (TPSA) is 29.3 Å². The Morgan fingerprint density at radius 1 is 1.32 bits per heavy atom. The monoisotopic (exact) mass is 266 g/mol. The molecule has 1 rings (SSSR count). The van der Waals surface area contributed by atoms with Crippen LogP contribution < -0.4 is 5.73 Å².